The van der Waals surface area contributed by atoms with Gasteiger partial charge in [0.15, 0.2) is 0 Å². The first-order valence-electron chi connectivity index (χ1n) is 10.0. The highest BCUT2D eigenvalue weighted by Crippen LogP contribution is 2.25. The summed E-state index contributed by atoms with van der Waals surface area (Å²) in [6.07, 6.45) is 16.1. The van der Waals surface area contributed by atoms with E-state index in [9.17, 15) is 0 Å². The minimum atomic E-state index is 0.989. The molecule has 24 heavy (non-hydrogen) atoms. The fourth-order valence-electron chi connectivity index (χ4n) is 3.34. The van der Waals surface area contributed by atoms with Crippen LogP contribution in [0.15, 0.2) is 12.1 Å². The molecule has 0 aliphatic rings. The maximum Gasteiger partial charge on any atom is 0.0285 e. The van der Waals surface area contributed by atoms with Gasteiger partial charge in [-0.2, -0.15) is 0 Å². The van der Waals surface area contributed by atoms with E-state index in [2.05, 4.69) is 57.8 Å². The highest BCUT2D eigenvalue weighted by atomic mass is 79.9. The smallest absolute Gasteiger partial charge is 0.0285 e. The van der Waals surface area contributed by atoms with Crippen LogP contribution in [0.2, 0.25) is 0 Å². The zero-order chi connectivity index (χ0) is 17.6. The molecule has 0 aliphatic heterocycles. The number of aryl methyl sites for hydroxylation is 2. The third-order valence-corrected chi connectivity index (χ3v) is 6.12. The average Bonchev–Trinajstić information content (AvgIpc) is 2.61. The Morgan fingerprint density at radius 2 is 0.917 bits per heavy atom. The lowest BCUT2D eigenvalue weighted by Crippen LogP contribution is -2.00. The van der Waals surface area contributed by atoms with Gasteiger partial charge < -0.3 is 0 Å². The van der Waals surface area contributed by atoms with Crippen molar-refractivity contribution in [3.8, 4) is 0 Å². The molecule has 0 atom stereocenters. The van der Waals surface area contributed by atoms with Crippen molar-refractivity contribution in [3.63, 3.8) is 0 Å². The molecular weight excluding hydrogens is 424 g/mol. The van der Waals surface area contributed by atoms with Crippen molar-refractivity contribution in [2.45, 2.75) is 102 Å². The molecule has 0 heterocycles. The molecule has 0 aliphatic carbocycles. The standard InChI is InChI=1S/C22H36Br2/c1-3-5-7-9-11-13-19-15-22(18-24)20(16-21(19)17-23)14-12-10-8-6-4-2/h15-16H,3-14,17-18H2,1-2H3. The maximum atomic E-state index is 3.71. The third kappa shape index (κ3) is 8.52. The Labute approximate surface area is 167 Å². The van der Waals surface area contributed by atoms with E-state index in [4.69, 9.17) is 0 Å². The number of hydrogen-bond acceptors (Lipinski definition) is 0. The minimum absolute atomic E-state index is 0.989. The average molecular weight is 460 g/mol. The zero-order valence-corrected chi connectivity index (χ0v) is 19.0. The quantitative estimate of drug-likeness (QED) is 0.193. The van der Waals surface area contributed by atoms with Gasteiger partial charge >= 0.3 is 0 Å². The lowest BCUT2D eigenvalue weighted by atomic mass is 9.93. The fraction of sp³-hybridized carbons (Fsp3) is 0.727. The molecule has 0 unspecified atom stereocenters. The highest BCUT2D eigenvalue weighted by Gasteiger charge is 2.09. The molecule has 0 radical (unpaired) electrons. The van der Waals surface area contributed by atoms with E-state index in [0.29, 0.717) is 0 Å². The van der Waals surface area contributed by atoms with E-state index in [0.717, 1.165) is 10.7 Å². The molecule has 1 rings (SSSR count). The summed E-state index contributed by atoms with van der Waals surface area (Å²) < 4.78 is 0. The van der Waals surface area contributed by atoms with Gasteiger partial charge in [-0.05, 0) is 47.9 Å². The van der Waals surface area contributed by atoms with E-state index in [-0.39, 0.29) is 0 Å². The largest absolute Gasteiger partial charge is 0.0876 e. The second kappa shape index (κ2) is 14.4. The van der Waals surface area contributed by atoms with Crippen LogP contribution in [-0.4, -0.2) is 0 Å². The molecule has 0 fully saturated rings. The molecule has 0 spiro atoms. The summed E-state index contributed by atoms with van der Waals surface area (Å²) in [4.78, 5) is 0. The summed E-state index contributed by atoms with van der Waals surface area (Å²) in [5.41, 5.74) is 6.15. The van der Waals surface area contributed by atoms with Gasteiger partial charge in [0.2, 0.25) is 0 Å². The fourth-order valence-corrected chi connectivity index (χ4v) is 4.39. The number of hydrogen-bond donors (Lipinski definition) is 0. The van der Waals surface area contributed by atoms with Gasteiger partial charge in [0.1, 0.15) is 0 Å². The number of benzene rings is 1. The summed E-state index contributed by atoms with van der Waals surface area (Å²) in [6, 6.07) is 4.96. The van der Waals surface area contributed by atoms with Gasteiger partial charge in [0.05, 0.1) is 0 Å². The van der Waals surface area contributed by atoms with E-state index >= 15 is 0 Å². The van der Waals surface area contributed by atoms with Crippen LogP contribution in [0.4, 0.5) is 0 Å². The summed E-state index contributed by atoms with van der Waals surface area (Å²) in [5.74, 6) is 0. The van der Waals surface area contributed by atoms with Gasteiger partial charge in [-0.15, -0.1) is 0 Å². The van der Waals surface area contributed by atoms with Crippen molar-refractivity contribution in [3.05, 3.63) is 34.4 Å². The van der Waals surface area contributed by atoms with Gasteiger partial charge in [-0.25, -0.2) is 0 Å². The van der Waals surface area contributed by atoms with Crippen molar-refractivity contribution >= 4 is 31.9 Å². The van der Waals surface area contributed by atoms with Crippen molar-refractivity contribution in [1.29, 1.82) is 0 Å². The minimum Gasteiger partial charge on any atom is -0.0876 e. The van der Waals surface area contributed by atoms with Crippen molar-refractivity contribution in [1.82, 2.24) is 0 Å². The molecule has 0 bridgehead atoms. The van der Waals surface area contributed by atoms with Crippen LogP contribution in [0.25, 0.3) is 0 Å². The Kier molecular flexibility index (Phi) is 13.3. The van der Waals surface area contributed by atoms with Crippen LogP contribution in [0.3, 0.4) is 0 Å². The van der Waals surface area contributed by atoms with Crippen LogP contribution < -0.4 is 0 Å². The van der Waals surface area contributed by atoms with E-state index in [1.807, 2.05) is 0 Å². The summed E-state index contributed by atoms with van der Waals surface area (Å²) >= 11 is 7.43. The first-order valence-corrected chi connectivity index (χ1v) is 12.3. The van der Waals surface area contributed by atoms with Crippen molar-refractivity contribution in [2.24, 2.45) is 0 Å². The predicted octanol–water partition coefficient (Wildman–Crippen LogP) is 8.50. The Balaban J connectivity index is 2.63. The second-order valence-corrected chi connectivity index (χ2v) is 8.11. The summed E-state index contributed by atoms with van der Waals surface area (Å²) in [5, 5.41) is 1.98. The topological polar surface area (TPSA) is 0 Å². The summed E-state index contributed by atoms with van der Waals surface area (Å²) in [7, 11) is 0. The first-order chi connectivity index (χ1) is 11.8. The molecule has 1 aromatic carbocycles. The van der Waals surface area contributed by atoms with Crippen LogP contribution in [0, 0.1) is 0 Å². The molecule has 138 valence electrons. The normalized spacial score (nSPS) is 11.2. The van der Waals surface area contributed by atoms with E-state index in [1.165, 1.54) is 88.2 Å². The molecule has 0 saturated heterocycles. The lowest BCUT2D eigenvalue weighted by molar-refractivity contribution is 0.628. The zero-order valence-electron chi connectivity index (χ0n) is 15.8. The molecule has 2 heteroatoms. The maximum absolute atomic E-state index is 3.71. The molecule has 0 N–H and O–H groups in total. The SMILES string of the molecule is CCCCCCCc1cc(CBr)c(CCCCCCC)cc1CBr. The monoisotopic (exact) mass is 458 g/mol. The van der Waals surface area contributed by atoms with Crippen molar-refractivity contribution in [2.75, 3.05) is 0 Å². The number of unbranched alkanes of at least 4 members (excludes halogenated alkanes) is 8. The number of alkyl halides is 2. The molecule has 1 aromatic rings. The molecule has 0 aromatic heterocycles. The summed E-state index contributed by atoms with van der Waals surface area (Å²) in [6.45, 7) is 4.57. The van der Waals surface area contributed by atoms with Gasteiger partial charge in [0.25, 0.3) is 0 Å². The molecular formula is C22H36Br2. The van der Waals surface area contributed by atoms with Crippen LogP contribution in [0.5, 0.6) is 0 Å². The Morgan fingerprint density at radius 1 is 0.542 bits per heavy atom. The second-order valence-electron chi connectivity index (χ2n) is 6.99. The molecule has 0 nitrogen and oxygen atoms in total. The lowest BCUT2D eigenvalue weighted by Gasteiger charge is -2.15. The molecule has 0 saturated carbocycles. The molecule has 0 amide bonds. The van der Waals surface area contributed by atoms with Crippen molar-refractivity contribution < 1.29 is 0 Å². The van der Waals surface area contributed by atoms with Gasteiger partial charge in [-0.1, -0.05) is 109 Å². The van der Waals surface area contributed by atoms with Crippen LogP contribution >= 0.6 is 31.9 Å². The first kappa shape index (κ1) is 22.2. The van der Waals surface area contributed by atoms with Crippen LogP contribution in [-0.2, 0) is 23.5 Å². The van der Waals surface area contributed by atoms with Gasteiger partial charge in [-0.3, -0.25) is 0 Å². The third-order valence-electron chi connectivity index (χ3n) is 4.91. The Hall–Kier alpha value is 0.180. The Bertz CT molecular complexity index is 398. The van der Waals surface area contributed by atoms with Gasteiger partial charge in [0, 0.05) is 10.7 Å². The van der Waals surface area contributed by atoms with Crippen LogP contribution in [0.1, 0.15) is 100 Å². The highest BCUT2D eigenvalue weighted by molar-refractivity contribution is 9.08. The van der Waals surface area contributed by atoms with E-state index in [1.54, 1.807) is 11.1 Å². The number of halogens is 2. The Morgan fingerprint density at radius 3 is 1.25 bits per heavy atom. The van der Waals surface area contributed by atoms with E-state index < -0.39 is 0 Å². The predicted molar refractivity (Wildman–Crippen MR) is 117 cm³/mol. The number of rotatable bonds is 14.